The van der Waals surface area contributed by atoms with Gasteiger partial charge in [-0.05, 0) is 86.0 Å². The molecule has 4 nitrogen and oxygen atoms in total. The predicted molar refractivity (Wildman–Crippen MR) is 173 cm³/mol. The second kappa shape index (κ2) is 11.8. The lowest BCUT2D eigenvalue weighted by Crippen LogP contribution is -2.22. The molecule has 0 unspecified atom stereocenters. The molecule has 0 spiro atoms. The van der Waals surface area contributed by atoms with E-state index in [-0.39, 0.29) is 9.79 Å². The van der Waals surface area contributed by atoms with Crippen molar-refractivity contribution in [2.75, 3.05) is 0 Å². The predicted octanol–water partition coefficient (Wildman–Crippen LogP) is 8.56. The van der Waals surface area contributed by atoms with Crippen molar-refractivity contribution in [2.45, 2.75) is 35.5 Å². The van der Waals surface area contributed by atoms with Crippen molar-refractivity contribution >= 4 is 9.84 Å². The number of hydrogen-bond donors (Lipinski definition) is 0. The molecule has 6 rings (SSSR count). The van der Waals surface area contributed by atoms with Gasteiger partial charge in [0.25, 0.3) is 0 Å². The summed E-state index contributed by atoms with van der Waals surface area (Å²) in [6.07, 6.45) is 0.866. The van der Waals surface area contributed by atoms with Gasteiger partial charge in [-0.2, -0.15) is 0 Å². The minimum atomic E-state index is -3.64. The molecule has 212 valence electrons. The van der Waals surface area contributed by atoms with Crippen LogP contribution in [0.15, 0.2) is 155 Å². The zero-order valence-electron chi connectivity index (χ0n) is 24.2. The number of aromatic nitrogens is 2. The summed E-state index contributed by atoms with van der Waals surface area (Å²) in [4.78, 5) is 10.6. The van der Waals surface area contributed by atoms with Crippen LogP contribution in [0.2, 0.25) is 0 Å². The third-order valence-electron chi connectivity index (χ3n) is 7.75. The Morgan fingerprint density at radius 3 is 1.63 bits per heavy atom. The quantitative estimate of drug-likeness (QED) is 0.181. The third-order valence-corrected chi connectivity index (χ3v) is 9.51. The molecule has 0 aliphatic heterocycles. The molecule has 0 radical (unpaired) electrons. The molecule has 0 aliphatic rings. The summed E-state index contributed by atoms with van der Waals surface area (Å²) in [6, 6.07) is 46.5. The van der Waals surface area contributed by atoms with Crippen LogP contribution in [0.1, 0.15) is 36.4 Å². The standard InChI is InChI=1S/C38H32N2O2S/c1-38(2,36-23-11-21-34(39-36)30-16-9-15-29(26-30)25-28-13-5-3-6-14-28)37-24-12-22-35(40-37)31-17-10-20-33(27-31)43(41,42)32-18-7-4-8-19-32/h3-24,26-27H,25H2,1-2H3. The molecular weight excluding hydrogens is 548 g/mol. The van der Waals surface area contributed by atoms with E-state index in [4.69, 9.17) is 9.97 Å². The van der Waals surface area contributed by atoms with Crippen LogP contribution in [0.4, 0.5) is 0 Å². The van der Waals surface area contributed by atoms with Gasteiger partial charge in [-0.15, -0.1) is 0 Å². The molecule has 6 aromatic rings. The summed E-state index contributed by atoms with van der Waals surface area (Å²) >= 11 is 0. The maximum Gasteiger partial charge on any atom is 0.206 e. The minimum Gasteiger partial charge on any atom is -0.252 e. The zero-order valence-corrected chi connectivity index (χ0v) is 25.0. The number of pyridine rings is 2. The van der Waals surface area contributed by atoms with Gasteiger partial charge >= 0.3 is 0 Å². The van der Waals surface area contributed by atoms with Gasteiger partial charge in [0.05, 0.1) is 32.6 Å². The first-order valence-corrected chi connectivity index (χ1v) is 15.8. The van der Waals surface area contributed by atoms with Gasteiger partial charge in [-0.1, -0.05) is 91.0 Å². The summed E-state index contributed by atoms with van der Waals surface area (Å²) in [5.41, 5.74) is 7.21. The lowest BCUT2D eigenvalue weighted by molar-refractivity contribution is 0.595. The first-order chi connectivity index (χ1) is 20.8. The lowest BCUT2D eigenvalue weighted by atomic mass is 9.84. The molecule has 0 bridgehead atoms. The van der Waals surface area contributed by atoms with Gasteiger partial charge in [0.15, 0.2) is 0 Å². The number of hydrogen-bond acceptors (Lipinski definition) is 4. The highest BCUT2D eigenvalue weighted by Gasteiger charge is 2.27. The van der Waals surface area contributed by atoms with Crippen molar-refractivity contribution in [1.29, 1.82) is 0 Å². The van der Waals surface area contributed by atoms with Crippen LogP contribution in [0.3, 0.4) is 0 Å². The smallest absolute Gasteiger partial charge is 0.206 e. The molecule has 5 heteroatoms. The fraction of sp³-hybridized carbons (Fsp3) is 0.105. The van der Waals surface area contributed by atoms with E-state index in [9.17, 15) is 8.42 Å². The lowest BCUT2D eigenvalue weighted by Gasteiger charge is -2.25. The Morgan fingerprint density at radius 2 is 1.00 bits per heavy atom. The van der Waals surface area contributed by atoms with E-state index < -0.39 is 15.3 Å². The van der Waals surface area contributed by atoms with Crippen molar-refractivity contribution in [2.24, 2.45) is 0 Å². The van der Waals surface area contributed by atoms with Gasteiger partial charge in [0.1, 0.15) is 0 Å². The highest BCUT2D eigenvalue weighted by molar-refractivity contribution is 7.91. The first-order valence-electron chi connectivity index (χ1n) is 14.3. The van der Waals surface area contributed by atoms with Crippen LogP contribution in [-0.4, -0.2) is 18.4 Å². The maximum absolute atomic E-state index is 13.3. The number of sulfone groups is 1. The monoisotopic (exact) mass is 580 g/mol. The molecule has 0 fully saturated rings. The summed E-state index contributed by atoms with van der Waals surface area (Å²) in [6.45, 7) is 4.24. The van der Waals surface area contributed by atoms with Gasteiger partial charge in [-0.3, -0.25) is 9.97 Å². The van der Waals surface area contributed by atoms with Crippen molar-refractivity contribution in [1.82, 2.24) is 9.97 Å². The molecule has 0 saturated carbocycles. The maximum atomic E-state index is 13.3. The summed E-state index contributed by atoms with van der Waals surface area (Å²) < 4.78 is 26.5. The van der Waals surface area contributed by atoms with Crippen molar-refractivity contribution in [3.63, 3.8) is 0 Å². The van der Waals surface area contributed by atoms with Crippen molar-refractivity contribution in [3.8, 4) is 22.5 Å². The third kappa shape index (κ3) is 6.04. The molecule has 2 aromatic heterocycles. The van der Waals surface area contributed by atoms with Crippen LogP contribution in [0, 0.1) is 0 Å². The molecule has 4 aromatic carbocycles. The Bertz CT molecular complexity index is 1990. The second-order valence-electron chi connectivity index (χ2n) is 11.1. The minimum absolute atomic E-state index is 0.242. The van der Waals surface area contributed by atoms with Crippen LogP contribution in [0.5, 0.6) is 0 Å². The first kappa shape index (κ1) is 28.3. The van der Waals surface area contributed by atoms with Gasteiger partial charge in [-0.25, -0.2) is 8.42 Å². The largest absolute Gasteiger partial charge is 0.252 e. The van der Waals surface area contributed by atoms with Gasteiger partial charge in [0.2, 0.25) is 9.84 Å². The Labute approximate surface area is 253 Å². The number of rotatable bonds is 8. The molecule has 0 atom stereocenters. The molecular formula is C38H32N2O2S. The Kier molecular flexibility index (Phi) is 7.75. The van der Waals surface area contributed by atoms with E-state index >= 15 is 0 Å². The average molecular weight is 581 g/mol. The van der Waals surface area contributed by atoms with Crippen LogP contribution in [-0.2, 0) is 21.7 Å². The van der Waals surface area contributed by atoms with E-state index in [1.54, 1.807) is 48.5 Å². The highest BCUT2D eigenvalue weighted by atomic mass is 32.2. The number of nitrogens with zero attached hydrogens (tertiary/aromatic N) is 2. The van der Waals surface area contributed by atoms with E-state index in [0.29, 0.717) is 5.69 Å². The Morgan fingerprint density at radius 1 is 0.512 bits per heavy atom. The molecule has 43 heavy (non-hydrogen) atoms. The van der Waals surface area contributed by atoms with Crippen LogP contribution >= 0.6 is 0 Å². The topological polar surface area (TPSA) is 59.9 Å². The average Bonchev–Trinajstić information content (AvgIpc) is 3.06. The van der Waals surface area contributed by atoms with Gasteiger partial charge < -0.3 is 0 Å². The SMILES string of the molecule is CC(C)(c1cccc(-c2cccc(Cc3ccccc3)c2)n1)c1cccc(-c2cccc(S(=O)(=O)c3ccccc3)c2)n1. The van der Waals surface area contributed by atoms with Crippen molar-refractivity contribution in [3.05, 3.63) is 168 Å². The Balaban J connectivity index is 1.30. The Hall–Kier alpha value is -4.87. The van der Waals surface area contributed by atoms with Crippen molar-refractivity contribution < 1.29 is 8.42 Å². The van der Waals surface area contributed by atoms with Crippen LogP contribution in [0.25, 0.3) is 22.5 Å². The summed E-state index contributed by atoms with van der Waals surface area (Å²) in [5, 5.41) is 0. The highest BCUT2D eigenvalue weighted by Crippen LogP contribution is 2.33. The fourth-order valence-corrected chi connectivity index (χ4v) is 6.58. The van der Waals surface area contributed by atoms with E-state index in [0.717, 1.165) is 34.6 Å². The van der Waals surface area contributed by atoms with Gasteiger partial charge in [0, 0.05) is 16.5 Å². The van der Waals surface area contributed by atoms with Crippen LogP contribution < -0.4 is 0 Å². The summed E-state index contributed by atoms with van der Waals surface area (Å²) in [5.74, 6) is 0. The fourth-order valence-electron chi connectivity index (χ4n) is 5.25. The molecule has 2 heterocycles. The molecule has 0 saturated heterocycles. The van der Waals surface area contributed by atoms with E-state index in [1.807, 2.05) is 48.5 Å². The zero-order chi connectivity index (χ0) is 29.9. The molecule has 0 aliphatic carbocycles. The summed E-state index contributed by atoms with van der Waals surface area (Å²) in [7, 11) is -3.64. The molecule has 0 amide bonds. The van der Waals surface area contributed by atoms with E-state index in [2.05, 4.69) is 62.4 Å². The number of benzene rings is 4. The molecule has 0 N–H and O–H groups in total. The van der Waals surface area contributed by atoms with E-state index in [1.165, 1.54) is 11.1 Å². The second-order valence-corrected chi connectivity index (χ2v) is 13.1. The normalized spacial score (nSPS) is 11.8.